The third-order valence-corrected chi connectivity index (χ3v) is 0. The Balaban J connectivity index is 0. The van der Waals surface area contributed by atoms with Gasteiger partial charge in [0, 0.05) is 0 Å². The topological polar surface area (TPSA) is 0 Å². The van der Waals surface area contributed by atoms with Crippen molar-refractivity contribution in [2.24, 2.45) is 0 Å². The van der Waals surface area contributed by atoms with Crippen LogP contribution in [0.4, 0.5) is 0 Å². The summed E-state index contributed by atoms with van der Waals surface area (Å²) in [5.41, 5.74) is 0. The second kappa shape index (κ2) is 8.87. The van der Waals surface area contributed by atoms with Crippen LogP contribution in [0.3, 0.4) is 0 Å². The molecule has 0 rings (SSSR count). The number of halogens is 1. The maximum Gasteiger partial charge on any atom is 1.00 e. The van der Waals surface area contributed by atoms with E-state index >= 15 is 0 Å². The molecule has 0 saturated carbocycles. The molecule has 0 aromatic carbocycles. The molecule has 0 aliphatic rings. The SMILES string of the molecule is C[CH-]Cl.[K+]. The van der Waals surface area contributed by atoms with Crippen molar-refractivity contribution in [3.8, 4) is 0 Å². The molecule has 0 N–H and O–H groups in total. The summed E-state index contributed by atoms with van der Waals surface area (Å²) in [6.07, 6.45) is 0. The molecule has 0 radical (unpaired) electrons. The van der Waals surface area contributed by atoms with Crippen molar-refractivity contribution >= 4 is 11.6 Å². The van der Waals surface area contributed by atoms with Crippen LogP contribution >= 0.6 is 11.6 Å². The molecule has 0 aliphatic carbocycles. The van der Waals surface area contributed by atoms with Crippen LogP contribution in [0.1, 0.15) is 6.92 Å². The Labute approximate surface area is 74.3 Å². The van der Waals surface area contributed by atoms with E-state index in [1.54, 1.807) is 6.92 Å². The molecule has 0 aliphatic heterocycles. The average Bonchev–Trinajstić information content (AvgIpc) is 0.918. The predicted molar refractivity (Wildman–Crippen MR) is 15.8 cm³/mol. The van der Waals surface area contributed by atoms with Crippen LogP contribution in [0, 0.1) is 5.88 Å². The first-order valence-electron chi connectivity index (χ1n) is 0.796. The Bertz CT molecular complexity index is 6.00. The molecule has 0 amide bonds. The first kappa shape index (κ1) is 9.33. The van der Waals surface area contributed by atoms with Crippen LogP contribution in [-0.4, -0.2) is 0 Å². The number of hydrogen-bond donors (Lipinski definition) is 0. The summed E-state index contributed by atoms with van der Waals surface area (Å²) in [5, 5.41) is 0. The van der Waals surface area contributed by atoms with Gasteiger partial charge in [-0.05, 0) is 0 Å². The molecule has 0 aromatic rings. The normalized spacial score (nSPS) is 4.50. The summed E-state index contributed by atoms with van der Waals surface area (Å²) in [7, 11) is 0. The van der Waals surface area contributed by atoms with Gasteiger partial charge in [0.25, 0.3) is 0 Å². The van der Waals surface area contributed by atoms with Crippen LogP contribution in [0.25, 0.3) is 0 Å². The first-order chi connectivity index (χ1) is 1.41. The van der Waals surface area contributed by atoms with E-state index in [2.05, 4.69) is 0 Å². The van der Waals surface area contributed by atoms with Gasteiger partial charge in [0.1, 0.15) is 0 Å². The zero-order chi connectivity index (χ0) is 2.71. The van der Waals surface area contributed by atoms with Gasteiger partial charge in [-0.15, -0.1) is 0 Å². The average molecular weight is 103 g/mol. The van der Waals surface area contributed by atoms with Crippen molar-refractivity contribution in [2.45, 2.75) is 6.92 Å². The molecule has 0 nitrogen and oxygen atoms in total. The van der Waals surface area contributed by atoms with Gasteiger partial charge in [0.15, 0.2) is 0 Å². The van der Waals surface area contributed by atoms with Crippen molar-refractivity contribution < 1.29 is 51.4 Å². The maximum atomic E-state index is 4.87. The summed E-state index contributed by atoms with van der Waals surface area (Å²) in [6.45, 7) is 1.77. The fourth-order valence-electron chi connectivity index (χ4n) is 0. The van der Waals surface area contributed by atoms with Crippen LogP contribution in [-0.2, 0) is 0 Å². The summed E-state index contributed by atoms with van der Waals surface area (Å²) in [5.74, 6) is 1.47. The molecule has 4 heavy (non-hydrogen) atoms. The van der Waals surface area contributed by atoms with Crippen LogP contribution in [0.2, 0.25) is 0 Å². The van der Waals surface area contributed by atoms with E-state index in [0.717, 1.165) is 0 Å². The van der Waals surface area contributed by atoms with Gasteiger partial charge in [0.05, 0.1) is 0 Å². The van der Waals surface area contributed by atoms with E-state index in [1.807, 2.05) is 0 Å². The third kappa shape index (κ3) is 9.06. The quantitative estimate of drug-likeness (QED) is 0.256. The zero-order valence-corrected chi connectivity index (χ0v) is 6.83. The van der Waals surface area contributed by atoms with Crippen molar-refractivity contribution in [1.29, 1.82) is 0 Å². The minimum atomic E-state index is 0. The minimum absolute atomic E-state index is 0. The van der Waals surface area contributed by atoms with Crippen LogP contribution in [0.15, 0.2) is 0 Å². The molecule has 0 atom stereocenters. The molecule has 0 aromatic heterocycles. The first-order valence-corrected chi connectivity index (χ1v) is 1.23. The molecule has 2 heteroatoms. The van der Waals surface area contributed by atoms with Gasteiger partial charge in [0.2, 0.25) is 0 Å². The standard InChI is InChI=1S/C2H4Cl.K/c1-2-3;/h2H,1H3;/q-1;+1. The monoisotopic (exact) mass is 102 g/mol. The van der Waals surface area contributed by atoms with E-state index in [4.69, 9.17) is 11.6 Å². The molecule has 0 spiro atoms. The Kier molecular flexibility index (Phi) is 20.7. The van der Waals surface area contributed by atoms with Crippen molar-refractivity contribution in [3.63, 3.8) is 0 Å². The van der Waals surface area contributed by atoms with Gasteiger partial charge in [-0.1, -0.05) is 0 Å². The van der Waals surface area contributed by atoms with Crippen molar-refractivity contribution in [2.75, 3.05) is 0 Å². The fourth-order valence-corrected chi connectivity index (χ4v) is 0. The molecule has 0 heterocycles. The summed E-state index contributed by atoms with van der Waals surface area (Å²) in [6, 6.07) is 0. The molecule has 20 valence electrons. The van der Waals surface area contributed by atoms with E-state index in [1.165, 1.54) is 5.88 Å². The molecule has 0 unspecified atom stereocenters. The minimum Gasteiger partial charge on any atom is -0.349 e. The van der Waals surface area contributed by atoms with Crippen molar-refractivity contribution in [1.82, 2.24) is 0 Å². The Morgan fingerprint density at radius 2 is 1.75 bits per heavy atom. The predicted octanol–water partition coefficient (Wildman–Crippen LogP) is -1.59. The van der Waals surface area contributed by atoms with Crippen molar-refractivity contribution in [3.05, 3.63) is 5.88 Å². The van der Waals surface area contributed by atoms with Crippen LogP contribution < -0.4 is 51.4 Å². The van der Waals surface area contributed by atoms with E-state index < -0.39 is 0 Å². The largest absolute Gasteiger partial charge is 1.00 e. The molecule has 0 saturated heterocycles. The van der Waals surface area contributed by atoms with Gasteiger partial charge >= 0.3 is 51.4 Å². The van der Waals surface area contributed by atoms with E-state index in [0.29, 0.717) is 0 Å². The molecule has 0 bridgehead atoms. The summed E-state index contributed by atoms with van der Waals surface area (Å²) < 4.78 is 0. The van der Waals surface area contributed by atoms with Crippen LogP contribution in [0.5, 0.6) is 0 Å². The van der Waals surface area contributed by atoms with Gasteiger partial charge in [-0.3, -0.25) is 0 Å². The summed E-state index contributed by atoms with van der Waals surface area (Å²) >= 11 is 4.87. The van der Waals surface area contributed by atoms with Gasteiger partial charge in [-0.25, -0.2) is 5.88 Å². The van der Waals surface area contributed by atoms with E-state index in [9.17, 15) is 0 Å². The maximum absolute atomic E-state index is 4.87. The zero-order valence-electron chi connectivity index (χ0n) is 2.96. The molecular formula is C2H4ClK. The van der Waals surface area contributed by atoms with E-state index in [-0.39, 0.29) is 51.4 Å². The fraction of sp³-hybridized carbons (Fsp3) is 0.500. The van der Waals surface area contributed by atoms with Gasteiger partial charge in [-0.2, -0.15) is 6.92 Å². The summed E-state index contributed by atoms with van der Waals surface area (Å²) in [4.78, 5) is 0. The Hall–Kier alpha value is 1.93. The third-order valence-electron chi connectivity index (χ3n) is 0. The number of hydrogen-bond acceptors (Lipinski definition) is 0. The second-order valence-corrected chi connectivity index (χ2v) is 0.655. The Morgan fingerprint density at radius 3 is 1.75 bits per heavy atom. The van der Waals surface area contributed by atoms with Gasteiger partial charge < -0.3 is 11.6 Å². The molecular weight excluding hydrogens is 98.6 g/mol. The second-order valence-electron chi connectivity index (χ2n) is 0.218. The smallest absolute Gasteiger partial charge is 0.349 e. The molecule has 0 fully saturated rings. The number of rotatable bonds is 0. The Morgan fingerprint density at radius 1 is 1.75 bits per heavy atom.